The van der Waals surface area contributed by atoms with E-state index in [1.807, 2.05) is 52.0 Å². The highest BCUT2D eigenvalue weighted by atomic mass is 16.4. The molecule has 0 aliphatic heterocycles. The Bertz CT molecular complexity index is 1550. The molecule has 0 radical (unpaired) electrons. The summed E-state index contributed by atoms with van der Waals surface area (Å²) in [7, 11) is 0. The van der Waals surface area contributed by atoms with Crippen LogP contribution in [0.15, 0.2) is 81.1 Å². The number of carboxylic acids is 2. The van der Waals surface area contributed by atoms with E-state index in [0.717, 1.165) is 33.4 Å². The van der Waals surface area contributed by atoms with E-state index >= 15 is 0 Å². The molecule has 0 spiro atoms. The topological polar surface area (TPSA) is 164 Å². The van der Waals surface area contributed by atoms with Crippen molar-refractivity contribution in [2.75, 3.05) is 0 Å². The lowest BCUT2D eigenvalue weighted by Gasteiger charge is -2.12. The largest absolute Gasteiger partial charge is 0.507 e. The lowest BCUT2D eigenvalue weighted by Crippen LogP contribution is -1.95. The van der Waals surface area contributed by atoms with Gasteiger partial charge in [-0.15, -0.1) is 0 Å². The fraction of sp³-hybridized carbons (Fsp3) is 0.133. The van der Waals surface area contributed by atoms with E-state index in [-0.39, 0.29) is 22.6 Å². The van der Waals surface area contributed by atoms with Gasteiger partial charge in [-0.1, -0.05) is 0 Å². The maximum atomic E-state index is 11.3. The van der Waals surface area contributed by atoms with Gasteiger partial charge in [0.2, 0.25) is 0 Å². The maximum Gasteiger partial charge on any atom is 0.339 e. The zero-order chi connectivity index (χ0) is 29.1. The van der Waals surface area contributed by atoms with Crippen LogP contribution < -0.4 is 0 Å². The van der Waals surface area contributed by atoms with Gasteiger partial charge in [-0.05, 0) is 122 Å². The number of carbonyl (C=O) groups is 2. The molecule has 4 N–H and O–H groups in total. The van der Waals surface area contributed by atoms with Crippen LogP contribution in [0, 0.1) is 27.7 Å². The molecule has 202 valence electrons. The van der Waals surface area contributed by atoms with Crippen molar-refractivity contribution in [1.29, 1.82) is 0 Å². The molecule has 10 heteroatoms. The predicted octanol–water partition coefficient (Wildman–Crippen LogP) is 8.23. The van der Waals surface area contributed by atoms with Gasteiger partial charge in [0.1, 0.15) is 22.6 Å². The first-order valence-corrected chi connectivity index (χ1v) is 12.1. The van der Waals surface area contributed by atoms with Crippen molar-refractivity contribution in [3.63, 3.8) is 0 Å². The molecular weight excluding hydrogens is 512 g/mol. The normalized spacial score (nSPS) is 11.4. The van der Waals surface area contributed by atoms with Gasteiger partial charge in [0, 0.05) is 0 Å². The second-order valence-corrected chi connectivity index (χ2v) is 9.33. The van der Waals surface area contributed by atoms with Gasteiger partial charge in [0.25, 0.3) is 0 Å². The van der Waals surface area contributed by atoms with Crippen molar-refractivity contribution in [3.05, 3.63) is 94.0 Å². The second kappa shape index (κ2) is 11.2. The van der Waals surface area contributed by atoms with Crippen LogP contribution in [0.3, 0.4) is 0 Å². The van der Waals surface area contributed by atoms with Crippen LogP contribution in [0.4, 0.5) is 22.7 Å². The zero-order valence-electron chi connectivity index (χ0n) is 22.2. The van der Waals surface area contributed by atoms with Crippen LogP contribution in [0.2, 0.25) is 0 Å². The van der Waals surface area contributed by atoms with Gasteiger partial charge >= 0.3 is 11.9 Å². The second-order valence-electron chi connectivity index (χ2n) is 9.33. The number of aromatic hydroxyl groups is 2. The molecule has 0 fully saturated rings. The van der Waals surface area contributed by atoms with Crippen molar-refractivity contribution >= 4 is 34.7 Å². The van der Waals surface area contributed by atoms with Crippen molar-refractivity contribution in [2.45, 2.75) is 27.7 Å². The number of phenols is 2. The van der Waals surface area contributed by atoms with E-state index in [9.17, 15) is 30.0 Å². The van der Waals surface area contributed by atoms with Crippen LogP contribution in [0.5, 0.6) is 11.5 Å². The molecule has 0 saturated carbocycles. The van der Waals surface area contributed by atoms with Gasteiger partial charge < -0.3 is 20.4 Å². The Morgan fingerprint density at radius 2 is 0.850 bits per heavy atom. The Morgan fingerprint density at radius 3 is 1.15 bits per heavy atom. The lowest BCUT2D eigenvalue weighted by molar-refractivity contribution is 0.0682. The Labute approximate surface area is 229 Å². The summed E-state index contributed by atoms with van der Waals surface area (Å²) in [5.41, 5.74) is 6.84. The number of aryl methyl sites for hydroxylation is 4. The minimum atomic E-state index is -1.25. The Hall–Kier alpha value is -5.38. The van der Waals surface area contributed by atoms with Gasteiger partial charge in [0.05, 0.1) is 22.7 Å². The lowest BCUT2D eigenvalue weighted by atomic mass is 9.95. The number of carboxylic acid groups (broad SMARTS) is 2. The van der Waals surface area contributed by atoms with E-state index in [4.69, 9.17) is 0 Å². The summed E-state index contributed by atoms with van der Waals surface area (Å²) in [6.45, 7) is 7.65. The quantitative estimate of drug-likeness (QED) is 0.173. The fourth-order valence-corrected chi connectivity index (χ4v) is 4.29. The van der Waals surface area contributed by atoms with Crippen LogP contribution in [-0.2, 0) is 0 Å². The average Bonchev–Trinajstić information content (AvgIpc) is 2.88. The van der Waals surface area contributed by atoms with E-state index in [2.05, 4.69) is 20.5 Å². The summed E-state index contributed by atoms with van der Waals surface area (Å²) in [6.07, 6.45) is 0. The smallest absolute Gasteiger partial charge is 0.339 e. The Morgan fingerprint density at radius 1 is 0.525 bits per heavy atom. The van der Waals surface area contributed by atoms with E-state index < -0.39 is 11.9 Å². The molecule has 4 aromatic carbocycles. The highest BCUT2D eigenvalue weighted by molar-refractivity contribution is 5.92. The van der Waals surface area contributed by atoms with E-state index in [0.29, 0.717) is 22.7 Å². The number of hydrogen-bond donors (Lipinski definition) is 4. The average molecular weight is 539 g/mol. The molecule has 10 nitrogen and oxygen atoms in total. The van der Waals surface area contributed by atoms with E-state index in [1.165, 1.54) is 36.4 Å². The molecule has 0 unspecified atom stereocenters. The van der Waals surface area contributed by atoms with Crippen LogP contribution in [-0.4, -0.2) is 32.4 Å². The van der Waals surface area contributed by atoms with Crippen molar-refractivity contribution in [3.8, 4) is 22.6 Å². The summed E-state index contributed by atoms with van der Waals surface area (Å²) in [4.78, 5) is 22.5. The molecular formula is C30H26N4O6. The zero-order valence-corrected chi connectivity index (χ0v) is 22.2. The molecule has 4 aromatic rings. The highest BCUT2D eigenvalue weighted by Gasteiger charge is 2.13. The third-order valence-corrected chi connectivity index (χ3v) is 6.27. The molecule has 0 amide bonds. The molecule has 0 saturated heterocycles. The molecule has 0 heterocycles. The highest BCUT2D eigenvalue weighted by Crippen LogP contribution is 2.36. The maximum absolute atomic E-state index is 11.3. The first kappa shape index (κ1) is 27.6. The van der Waals surface area contributed by atoms with Crippen molar-refractivity contribution in [2.24, 2.45) is 20.5 Å². The van der Waals surface area contributed by atoms with Crippen LogP contribution in [0.25, 0.3) is 11.1 Å². The Kier molecular flexibility index (Phi) is 7.71. The standard InChI is InChI=1S/C30H26N4O6/c1-15-9-19(10-16(2)27(15)33-31-21-5-7-25(35)23(13-21)29(37)38)20-11-17(3)28(18(4)12-20)34-32-22-6-8-26(36)24(14-22)30(39)40/h5-14,35-36H,1-4H3,(H,37,38)(H,39,40)/b33-31+,34-32+. The third kappa shape index (κ3) is 5.86. The number of rotatable bonds is 7. The molecule has 0 aromatic heterocycles. The first-order valence-electron chi connectivity index (χ1n) is 12.1. The van der Waals surface area contributed by atoms with Gasteiger partial charge in [-0.25, -0.2) is 9.59 Å². The van der Waals surface area contributed by atoms with Crippen LogP contribution >= 0.6 is 0 Å². The molecule has 0 atom stereocenters. The summed E-state index contributed by atoms with van der Waals surface area (Å²) >= 11 is 0. The van der Waals surface area contributed by atoms with Gasteiger partial charge in [-0.2, -0.15) is 20.5 Å². The van der Waals surface area contributed by atoms with Crippen molar-refractivity contribution in [1.82, 2.24) is 0 Å². The van der Waals surface area contributed by atoms with Gasteiger partial charge in [-0.3, -0.25) is 0 Å². The number of azo groups is 2. The van der Waals surface area contributed by atoms with E-state index in [1.54, 1.807) is 0 Å². The SMILES string of the molecule is Cc1cc(-c2cc(C)c(/N=N/c3ccc(O)c(C(=O)O)c3)c(C)c2)cc(C)c1/N=N/c1ccc(O)c(C(=O)O)c1. The van der Waals surface area contributed by atoms with Crippen LogP contribution in [0.1, 0.15) is 43.0 Å². The molecule has 0 bridgehead atoms. The fourth-order valence-electron chi connectivity index (χ4n) is 4.29. The predicted molar refractivity (Wildman–Crippen MR) is 149 cm³/mol. The number of nitrogens with zero attached hydrogens (tertiary/aromatic N) is 4. The number of aromatic carboxylic acids is 2. The summed E-state index contributed by atoms with van der Waals surface area (Å²) < 4.78 is 0. The molecule has 40 heavy (non-hydrogen) atoms. The monoisotopic (exact) mass is 538 g/mol. The molecule has 0 aliphatic carbocycles. The third-order valence-electron chi connectivity index (χ3n) is 6.27. The Balaban J connectivity index is 1.62. The van der Waals surface area contributed by atoms with Gasteiger partial charge in [0.15, 0.2) is 0 Å². The van der Waals surface area contributed by atoms with Crippen molar-refractivity contribution < 1.29 is 30.0 Å². The minimum Gasteiger partial charge on any atom is -0.507 e. The minimum absolute atomic E-state index is 0.248. The number of hydrogen-bond acceptors (Lipinski definition) is 8. The molecule has 0 aliphatic rings. The number of benzene rings is 4. The summed E-state index contributed by atoms with van der Waals surface area (Å²) in [5, 5.41) is 54.8. The summed E-state index contributed by atoms with van der Waals surface area (Å²) in [6, 6.07) is 16.0. The summed E-state index contributed by atoms with van der Waals surface area (Å²) in [5.74, 6) is -3.18. The molecule has 4 rings (SSSR count). The first-order chi connectivity index (χ1) is 18.9.